The molecule has 1 aliphatic rings. The number of carbonyl (C=O) groups is 2. The molecule has 6 nitrogen and oxygen atoms in total. The Morgan fingerprint density at radius 1 is 1.08 bits per heavy atom. The predicted molar refractivity (Wildman–Crippen MR) is 143 cm³/mol. The van der Waals surface area contributed by atoms with Gasteiger partial charge in [-0.25, -0.2) is 0 Å². The first-order chi connectivity index (χ1) is 17.1. The highest BCUT2D eigenvalue weighted by molar-refractivity contribution is 6.30. The lowest BCUT2D eigenvalue weighted by atomic mass is 9.75. The minimum atomic E-state index is -0.492. The van der Waals surface area contributed by atoms with Crippen molar-refractivity contribution in [3.05, 3.63) is 98.1 Å². The van der Waals surface area contributed by atoms with Crippen LogP contribution in [0.4, 0.5) is 0 Å². The van der Waals surface area contributed by atoms with Gasteiger partial charge in [-0.3, -0.25) is 19.0 Å². The van der Waals surface area contributed by atoms with Gasteiger partial charge in [0.15, 0.2) is 5.78 Å². The molecular formula is C29H28ClN3O3. The summed E-state index contributed by atoms with van der Waals surface area (Å²) < 4.78 is 1.48. The molecule has 2 heterocycles. The molecule has 5 rings (SSSR count). The maximum Gasteiger partial charge on any atom is 0.268 e. The molecule has 0 fully saturated rings. The smallest absolute Gasteiger partial charge is 0.268 e. The summed E-state index contributed by atoms with van der Waals surface area (Å²) >= 11 is 6.22. The third-order valence-electron chi connectivity index (χ3n) is 6.89. The monoisotopic (exact) mass is 501 g/mol. The highest BCUT2D eigenvalue weighted by Gasteiger charge is 2.35. The molecule has 7 heteroatoms. The second kappa shape index (κ2) is 9.10. The molecule has 0 unspecified atom stereocenters. The largest absolute Gasteiger partial charge is 0.358 e. The Kier molecular flexibility index (Phi) is 6.08. The highest BCUT2D eigenvalue weighted by atomic mass is 35.5. The molecule has 0 radical (unpaired) electrons. The number of carbonyl (C=O) groups excluding carboxylic acids is 2. The summed E-state index contributed by atoms with van der Waals surface area (Å²) in [6, 6.07) is 16.4. The van der Waals surface area contributed by atoms with Crippen molar-refractivity contribution in [2.24, 2.45) is 5.41 Å². The third-order valence-corrected chi connectivity index (χ3v) is 7.12. The van der Waals surface area contributed by atoms with E-state index in [-0.39, 0.29) is 16.8 Å². The first-order valence-corrected chi connectivity index (χ1v) is 12.4. The first-order valence-electron chi connectivity index (χ1n) is 12.1. The quantitative estimate of drug-likeness (QED) is 0.383. The van der Waals surface area contributed by atoms with E-state index in [0.29, 0.717) is 47.8 Å². The number of nitrogens with one attached hydrogen (secondary N) is 2. The Hall–Kier alpha value is -3.64. The fourth-order valence-corrected chi connectivity index (χ4v) is 5.40. The van der Waals surface area contributed by atoms with Crippen LogP contribution in [0, 0.1) is 12.3 Å². The molecule has 2 aromatic carbocycles. The average molecular weight is 502 g/mol. The van der Waals surface area contributed by atoms with Crippen molar-refractivity contribution in [1.29, 1.82) is 0 Å². The highest BCUT2D eigenvalue weighted by Crippen LogP contribution is 2.35. The Morgan fingerprint density at radius 2 is 1.86 bits per heavy atom. The fraction of sp³-hybridized carbons (Fsp3) is 0.276. The van der Waals surface area contributed by atoms with Crippen LogP contribution in [0.1, 0.15) is 57.9 Å². The topological polar surface area (TPSA) is 84.0 Å². The second-order valence-corrected chi connectivity index (χ2v) is 10.7. The summed E-state index contributed by atoms with van der Waals surface area (Å²) in [6.45, 7) is 6.38. The molecule has 2 N–H and O–H groups in total. The van der Waals surface area contributed by atoms with E-state index in [1.807, 2.05) is 39.0 Å². The summed E-state index contributed by atoms with van der Waals surface area (Å²) in [6.07, 6.45) is 1.51. The lowest BCUT2D eigenvalue weighted by Crippen LogP contribution is -2.39. The van der Waals surface area contributed by atoms with E-state index in [1.54, 1.807) is 24.3 Å². The molecule has 4 aromatic rings. The number of hydrogen-bond donors (Lipinski definition) is 2. The first kappa shape index (κ1) is 24.1. The van der Waals surface area contributed by atoms with Crippen LogP contribution in [0.5, 0.6) is 0 Å². The summed E-state index contributed by atoms with van der Waals surface area (Å²) in [5.74, 6) is -0.561. The zero-order valence-corrected chi connectivity index (χ0v) is 21.3. The third kappa shape index (κ3) is 4.37. The van der Waals surface area contributed by atoms with Crippen LogP contribution in [-0.2, 0) is 12.8 Å². The molecule has 36 heavy (non-hydrogen) atoms. The van der Waals surface area contributed by atoms with Crippen LogP contribution >= 0.6 is 11.6 Å². The van der Waals surface area contributed by atoms with Gasteiger partial charge in [0.1, 0.15) is 5.56 Å². The number of aryl methyl sites for hydroxylation is 1. The Balaban J connectivity index is 1.50. The van der Waals surface area contributed by atoms with Gasteiger partial charge in [0.25, 0.3) is 11.5 Å². The molecule has 2 aromatic heterocycles. The molecule has 0 spiro atoms. The SMILES string of the molecule is Cc1[nH]c2ccccc2c1CCNC(=O)c1cc2c(n(-c3cccc(Cl)c3)c1=O)CC(C)(C)CC2=O. The molecule has 0 saturated heterocycles. The van der Waals surface area contributed by atoms with Crippen LogP contribution in [0.15, 0.2) is 59.4 Å². The van der Waals surface area contributed by atoms with Gasteiger partial charge in [0, 0.05) is 45.8 Å². The number of nitrogens with zero attached hydrogens (tertiary/aromatic N) is 1. The van der Waals surface area contributed by atoms with Gasteiger partial charge in [-0.2, -0.15) is 0 Å². The maximum absolute atomic E-state index is 13.7. The average Bonchev–Trinajstić information content (AvgIpc) is 3.13. The maximum atomic E-state index is 13.7. The van der Waals surface area contributed by atoms with E-state index in [2.05, 4.69) is 16.4 Å². The number of benzene rings is 2. The van der Waals surface area contributed by atoms with Crippen molar-refractivity contribution < 1.29 is 9.59 Å². The fourth-order valence-electron chi connectivity index (χ4n) is 5.22. The Morgan fingerprint density at radius 3 is 2.64 bits per heavy atom. The summed E-state index contributed by atoms with van der Waals surface area (Å²) in [4.78, 5) is 43.4. The van der Waals surface area contributed by atoms with Crippen LogP contribution < -0.4 is 10.9 Å². The van der Waals surface area contributed by atoms with E-state index in [4.69, 9.17) is 11.6 Å². The van der Waals surface area contributed by atoms with E-state index in [1.165, 1.54) is 10.6 Å². The lowest BCUT2D eigenvalue weighted by Gasteiger charge is -2.32. The van der Waals surface area contributed by atoms with Crippen LogP contribution in [0.3, 0.4) is 0 Å². The van der Waals surface area contributed by atoms with Crippen molar-refractivity contribution in [2.75, 3.05) is 6.54 Å². The number of amides is 1. The standard InChI is InChI=1S/C29H28ClN3O3/c1-17-20(21-9-4-5-10-24(21)32-17)11-12-31-27(35)23-14-22-25(15-29(2,3)16-26(22)34)33(28(23)36)19-8-6-7-18(30)13-19/h4-10,13-14,32H,11-12,15-16H2,1-3H3,(H,31,35). The number of para-hydroxylation sites is 1. The summed E-state index contributed by atoms with van der Waals surface area (Å²) in [7, 11) is 0. The van der Waals surface area contributed by atoms with Crippen LogP contribution in [-0.4, -0.2) is 27.8 Å². The number of halogens is 1. The van der Waals surface area contributed by atoms with E-state index >= 15 is 0 Å². The summed E-state index contributed by atoms with van der Waals surface area (Å²) in [5, 5.41) is 4.49. The Labute approximate surface area is 214 Å². The van der Waals surface area contributed by atoms with Gasteiger partial charge in [0.05, 0.1) is 5.69 Å². The number of aromatic amines is 1. The second-order valence-electron chi connectivity index (χ2n) is 10.3. The molecule has 0 bridgehead atoms. The van der Waals surface area contributed by atoms with E-state index in [0.717, 1.165) is 22.2 Å². The molecule has 0 atom stereocenters. The van der Waals surface area contributed by atoms with Gasteiger partial charge in [-0.1, -0.05) is 49.7 Å². The number of aromatic nitrogens is 2. The van der Waals surface area contributed by atoms with Crippen molar-refractivity contribution in [1.82, 2.24) is 14.9 Å². The molecule has 184 valence electrons. The molecular weight excluding hydrogens is 474 g/mol. The lowest BCUT2D eigenvalue weighted by molar-refractivity contribution is 0.0908. The van der Waals surface area contributed by atoms with Crippen molar-refractivity contribution in [3.8, 4) is 5.69 Å². The van der Waals surface area contributed by atoms with Gasteiger partial charge in [-0.05, 0) is 61.1 Å². The molecule has 1 amide bonds. The number of Topliss-reactive ketones (excluding diaryl/α,β-unsaturated/α-hetero) is 1. The number of pyridine rings is 1. The van der Waals surface area contributed by atoms with Gasteiger partial charge < -0.3 is 10.3 Å². The number of hydrogen-bond acceptors (Lipinski definition) is 3. The van der Waals surface area contributed by atoms with Gasteiger partial charge in [-0.15, -0.1) is 0 Å². The zero-order chi connectivity index (χ0) is 25.6. The van der Waals surface area contributed by atoms with Gasteiger partial charge >= 0.3 is 0 Å². The normalized spacial score (nSPS) is 14.6. The predicted octanol–water partition coefficient (Wildman–Crippen LogP) is 5.41. The number of fused-ring (bicyclic) bond motifs is 2. The zero-order valence-electron chi connectivity index (χ0n) is 20.6. The van der Waals surface area contributed by atoms with Crippen molar-refractivity contribution >= 4 is 34.2 Å². The van der Waals surface area contributed by atoms with E-state index in [9.17, 15) is 14.4 Å². The van der Waals surface area contributed by atoms with E-state index < -0.39 is 11.5 Å². The molecule has 0 saturated carbocycles. The number of rotatable bonds is 5. The molecule has 1 aliphatic carbocycles. The van der Waals surface area contributed by atoms with Gasteiger partial charge in [0.2, 0.25) is 0 Å². The van der Waals surface area contributed by atoms with Crippen molar-refractivity contribution in [3.63, 3.8) is 0 Å². The minimum Gasteiger partial charge on any atom is -0.358 e. The summed E-state index contributed by atoms with van der Waals surface area (Å²) in [5.41, 5.74) is 4.02. The number of ketones is 1. The number of H-pyrrole nitrogens is 1. The Bertz CT molecular complexity index is 1580. The van der Waals surface area contributed by atoms with Crippen molar-refractivity contribution in [2.45, 2.75) is 40.0 Å². The molecule has 0 aliphatic heterocycles. The minimum absolute atomic E-state index is 0.0440. The van der Waals surface area contributed by atoms with Crippen LogP contribution in [0.25, 0.3) is 16.6 Å². The van der Waals surface area contributed by atoms with Crippen LogP contribution in [0.2, 0.25) is 5.02 Å².